The number of aryl methyl sites for hydroxylation is 1. The molecule has 2 aromatic rings. The van der Waals surface area contributed by atoms with Gasteiger partial charge in [-0.15, -0.1) is 11.3 Å². The Balaban J connectivity index is 1.71. The molecule has 27 heavy (non-hydrogen) atoms. The summed E-state index contributed by atoms with van der Waals surface area (Å²) in [6.07, 6.45) is 2.13. The lowest BCUT2D eigenvalue weighted by Crippen LogP contribution is -2.53. The first-order valence-corrected chi connectivity index (χ1v) is 11.3. The number of para-hydroxylation sites is 1. The van der Waals surface area contributed by atoms with Crippen molar-refractivity contribution in [3.63, 3.8) is 0 Å². The van der Waals surface area contributed by atoms with Crippen molar-refractivity contribution in [3.8, 4) is 0 Å². The lowest BCUT2D eigenvalue weighted by atomic mass is 10.1. The number of amidine groups is 1. The third-order valence-corrected chi connectivity index (χ3v) is 7.91. The first kappa shape index (κ1) is 19.0. The van der Waals surface area contributed by atoms with Gasteiger partial charge in [-0.1, -0.05) is 30.8 Å². The van der Waals surface area contributed by atoms with Gasteiger partial charge in [0.2, 0.25) is 0 Å². The molecule has 2 aliphatic heterocycles. The average Bonchev–Trinajstić information content (AvgIpc) is 3.02. The van der Waals surface area contributed by atoms with Crippen LogP contribution in [0.25, 0.3) is 0 Å². The Labute approximate surface area is 170 Å². The van der Waals surface area contributed by atoms with E-state index in [9.17, 15) is 0 Å². The zero-order chi connectivity index (χ0) is 18.8. The number of aliphatic imine (C=N–C) groups is 1. The Morgan fingerprint density at radius 1 is 1.26 bits per heavy atom. The van der Waals surface area contributed by atoms with Crippen LogP contribution in [0.2, 0.25) is 0 Å². The Morgan fingerprint density at radius 3 is 2.93 bits per heavy atom. The molecule has 0 spiro atoms. The monoisotopic (exact) mass is 401 g/mol. The van der Waals surface area contributed by atoms with Gasteiger partial charge in [-0.3, -0.25) is 4.90 Å². The predicted octanol–water partition coefficient (Wildman–Crippen LogP) is 4.51. The summed E-state index contributed by atoms with van der Waals surface area (Å²) in [4.78, 5) is 12.8. The molecule has 1 fully saturated rings. The van der Waals surface area contributed by atoms with E-state index < -0.39 is 0 Å². The molecule has 0 radical (unpaired) electrons. The minimum Gasteiger partial charge on any atom is -0.385 e. The number of ether oxygens (including phenoxy) is 1. The van der Waals surface area contributed by atoms with Crippen molar-refractivity contribution in [2.45, 2.75) is 34.9 Å². The van der Waals surface area contributed by atoms with Crippen molar-refractivity contribution in [1.82, 2.24) is 9.80 Å². The zero-order valence-corrected chi connectivity index (χ0v) is 17.9. The second-order valence-electron chi connectivity index (χ2n) is 7.13. The number of methoxy groups -OCH3 is 1. The summed E-state index contributed by atoms with van der Waals surface area (Å²) < 4.78 is 6.71. The summed E-state index contributed by atoms with van der Waals surface area (Å²) >= 11 is 3.79. The lowest BCUT2D eigenvalue weighted by molar-refractivity contribution is 0.100. The Morgan fingerprint density at radius 2 is 2.11 bits per heavy atom. The van der Waals surface area contributed by atoms with Crippen molar-refractivity contribution >= 4 is 34.6 Å². The highest BCUT2D eigenvalue weighted by Gasteiger charge is 2.30. The number of fused-ring (bicyclic) bond motifs is 2. The van der Waals surface area contributed by atoms with E-state index in [0.29, 0.717) is 6.04 Å². The smallest absolute Gasteiger partial charge is 0.138 e. The van der Waals surface area contributed by atoms with Gasteiger partial charge in [0.15, 0.2) is 0 Å². The van der Waals surface area contributed by atoms with Crippen LogP contribution >= 0.6 is 23.1 Å². The van der Waals surface area contributed by atoms with Gasteiger partial charge in [-0.2, -0.15) is 0 Å². The predicted molar refractivity (Wildman–Crippen MR) is 115 cm³/mol. The van der Waals surface area contributed by atoms with Gasteiger partial charge in [-0.25, -0.2) is 4.99 Å². The second-order valence-corrected chi connectivity index (χ2v) is 9.58. The van der Waals surface area contributed by atoms with Crippen molar-refractivity contribution in [1.29, 1.82) is 0 Å². The van der Waals surface area contributed by atoms with E-state index in [1.165, 1.54) is 19.5 Å². The Kier molecular flexibility index (Phi) is 5.88. The SMILES string of the molecule is CCc1cc2c(s1)Sc1ccccc1N=C2N1CCN(C)[C@@H](CCOC)C1. The number of piperazine rings is 1. The molecule has 1 aromatic heterocycles. The number of hydrogen-bond acceptors (Lipinski definition) is 6. The molecule has 0 unspecified atom stereocenters. The molecule has 6 heteroatoms. The number of benzene rings is 1. The molecule has 0 saturated carbocycles. The summed E-state index contributed by atoms with van der Waals surface area (Å²) in [5.74, 6) is 1.15. The van der Waals surface area contributed by atoms with Crippen LogP contribution in [0.3, 0.4) is 0 Å². The Bertz CT molecular complexity index is 833. The van der Waals surface area contributed by atoms with E-state index in [2.05, 4.69) is 54.1 Å². The van der Waals surface area contributed by atoms with Crippen LogP contribution in [-0.2, 0) is 11.2 Å². The molecule has 0 aliphatic carbocycles. The summed E-state index contributed by atoms with van der Waals surface area (Å²) in [6, 6.07) is 11.4. The van der Waals surface area contributed by atoms with Crippen molar-refractivity contribution in [2.24, 2.45) is 4.99 Å². The quantitative estimate of drug-likeness (QED) is 0.754. The second kappa shape index (κ2) is 8.35. The van der Waals surface area contributed by atoms with Gasteiger partial charge < -0.3 is 9.64 Å². The van der Waals surface area contributed by atoms with E-state index in [4.69, 9.17) is 9.73 Å². The largest absolute Gasteiger partial charge is 0.385 e. The average molecular weight is 402 g/mol. The van der Waals surface area contributed by atoms with E-state index in [1.54, 1.807) is 7.11 Å². The van der Waals surface area contributed by atoms with Gasteiger partial charge in [-0.05, 0) is 38.1 Å². The van der Waals surface area contributed by atoms with Crippen LogP contribution in [0.4, 0.5) is 5.69 Å². The maximum Gasteiger partial charge on any atom is 0.138 e. The molecule has 1 aromatic carbocycles. The third-order valence-electron chi connectivity index (χ3n) is 5.36. The molecular weight excluding hydrogens is 374 g/mol. The third kappa shape index (κ3) is 3.94. The summed E-state index contributed by atoms with van der Waals surface area (Å²) in [5, 5.41) is 0. The molecule has 1 saturated heterocycles. The van der Waals surface area contributed by atoms with Crippen molar-refractivity contribution in [2.75, 3.05) is 40.4 Å². The van der Waals surface area contributed by atoms with Gasteiger partial charge in [0.25, 0.3) is 0 Å². The van der Waals surface area contributed by atoms with Gasteiger partial charge in [0.1, 0.15) is 5.84 Å². The van der Waals surface area contributed by atoms with Gasteiger partial charge in [0, 0.05) is 54.7 Å². The molecule has 0 N–H and O–H groups in total. The highest BCUT2D eigenvalue weighted by Crippen LogP contribution is 2.44. The van der Waals surface area contributed by atoms with E-state index in [1.807, 2.05) is 23.1 Å². The van der Waals surface area contributed by atoms with Crippen molar-refractivity contribution < 1.29 is 4.74 Å². The normalized spacial score (nSPS) is 20.0. The van der Waals surface area contributed by atoms with E-state index in [-0.39, 0.29) is 0 Å². The Hall–Kier alpha value is -1.34. The van der Waals surface area contributed by atoms with Crippen LogP contribution in [0.15, 0.2) is 44.4 Å². The number of hydrogen-bond donors (Lipinski definition) is 0. The van der Waals surface area contributed by atoms with Crippen molar-refractivity contribution in [3.05, 3.63) is 40.8 Å². The minimum atomic E-state index is 0.500. The maximum absolute atomic E-state index is 5.34. The number of likely N-dealkylation sites (N-methyl/N-ethyl adjacent to an activating group) is 1. The standard InChI is InChI=1S/C21H27N3OS2/c1-4-16-13-17-20(24-11-10-23(2)15(14-24)9-12-25-3)22-18-7-5-6-8-19(18)27-21(17)26-16/h5-8,13,15H,4,9-12,14H2,1-3H3/t15-/m0/s1. The number of rotatable bonds is 4. The highest BCUT2D eigenvalue weighted by molar-refractivity contribution is 8.01. The van der Waals surface area contributed by atoms with E-state index >= 15 is 0 Å². The molecule has 0 bridgehead atoms. The molecule has 4 rings (SSSR count). The van der Waals surface area contributed by atoms with E-state index in [0.717, 1.165) is 50.6 Å². The van der Waals surface area contributed by atoms with Gasteiger partial charge >= 0.3 is 0 Å². The highest BCUT2D eigenvalue weighted by atomic mass is 32.2. The number of thiophene rings is 1. The fraction of sp³-hybridized carbons (Fsp3) is 0.476. The summed E-state index contributed by atoms with van der Waals surface area (Å²) in [5.41, 5.74) is 2.40. The summed E-state index contributed by atoms with van der Waals surface area (Å²) in [7, 11) is 4.01. The number of nitrogens with zero attached hydrogens (tertiary/aromatic N) is 3. The van der Waals surface area contributed by atoms with Crippen LogP contribution in [0, 0.1) is 0 Å². The molecule has 4 nitrogen and oxygen atoms in total. The van der Waals surface area contributed by atoms with Crippen LogP contribution in [-0.4, -0.2) is 62.1 Å². The maximum atomic E-state index is 5.34. The van der Waals surface area contributed by atoms with Crippen LogP contribution in [0.1, 0.15) is 23.8 Å². The molecule has 3 heterocycles. The molecular formula is C21H27N3OS2. The molecule has 0 amide bonds. The lowest BCUT2D eigenvalue weighted by Gasteiger charge is -2.41. The molecule has 144 valence electrons. The topological polar surface area (TPSA) is 28.1 Å². The summed E-state index contributed by atoms with van der Waals surface area (Å²) in [6.45, 7) is 6.11. The fourth-order valence-corrected chi connectivity index (χ4v) is 6.09. The first-order chi connectivity index (χ1) is 13.2. The minimum absolute atomic E-state index is 0.500. The molecule has 1 atom stereocenters. The first-order valence-electron chi connectivity index (χ1n) is 9.62. The zero-order valence-electron chi connectivity index (χ0n) is 16.3. The van der Waals surface area contributed by atoms with Crippen LogP contribution < -0.4 is 0 Å². The fourth-order valence-electron chi connectivity index (χ4n) is 3.68. The molecule has 2 aliphatic rings. The van der Waals surface area contributed by atoms with Crippen LogP contribution in [0.5, 0.6) is 0 Å². The van der Waals surface area contributed by atoms with Gasteiger partial charge in [0.05, 0.1) is 9.90 Å².